The Bertz CT molecular complexity index is 564. The highest BCUT2D eigenvalue weighted by Crippen LogP contribution is 2.26. The van der Waals surface area contributed by atoms with Crippen molar-refractivity contribution in [2.75, 3.05) is 14.2 Å². The molecule has 0 atom stereocenters. The third-order valence-electron chi connectivity index (χ3n) is 2.44. The van der Waals surface area contributed by atoms with Crippen LogP contribution in [-0.2, 0) is 0 Å². The van der Waals surface area contributed by atoms with Crippen molar-refractivity contribution in [1.82, 2.24) is 10.3 Å². The van der Waals surface area contributed by atoms with Crippen LogP contribution in [0.5, 0.6) is 5.88 Å². The van der Waals surface area contributed by atoms with Crippen LogP contribution in [0.4, 0.5) is 0 Å². The molecule has 0 saturated heterocycles. The molecule has 2 N–H and O–H groups in total. The maximum absolute atomic E-state index is 9.87. The Labute approximate surface area is 99.6 Å². The maximum Gasteiger partial charge on any atom is 0.224 e. The van der Waals surface area contributed by atoms with Gasteiger partial charge in [0.2, 0.25) is 5.88 Å². The topological polar surface area (TPSA) is 54.4 Å². The van der Waals surface area contributed by atoms with Gasteiger partial charge >= 0.3 is 0 Å². The number of aliphatic hydroxyl groups is 1. The van der Waals surface area contributed by atoms with Crippen LogP contribution in [0.25, 0.3) is 16.7 Å². The third-order valence-corrected chi connectivity index (χ3v) is 2.44. The molecule has 17 heavy (non-hydrogen) atoms. The monoisotopic (exact) mass is 230 g/mol. The van der Waals surface area contributed by atoms with Gasteiger partial charge < -0.3 is 15.2 Å². The van der Waals surface area contributed by atoms with Crippen LogP contribution in [-0.4, -0.2) is 24.2 Å². The minimum Gasteiger partial charge on any atom is -0.506 e. The van der Waals surface area contributed by atoms with Crippen molar-refractivity contribution in [2.45, 2.75) is 0 Å². The molecule has 0 aliphatic carbocycles. The van der Waals surface area contributed by atoms with E-state index in [4.69, 9.17) is 4.74 Å². The van der Waals surface area contributed by atoms with Crippen LogP contribution in [0.3, 0.4) is 0 Å². The van der Waals surface area contributed by atoms with E-state index < -0.39 is 0 Å². The molecule has 4 nitrogen and oxygen atoms in total. The number of para-hydroxylation sites is 1. The Morgan fingerprint density at radius 2 is 2.18 bits per heavy atom. The summed E-state index contributed by atoms with van der Waals surface area (Å²) in [5.74, 6) is 0.510. The Balaban J connectivity index is 2.65. The van der Waals surface area contributed by atoms with E-state index in [0.717, 1.165) is 10.9 Å². The molecule has 4 heteroatoms. The normalized spacial score (nSPS) is 11.5. The molecule has 0 radical (unpaired) electrons. The summed E-state index contributed by atoms with van der Waals surface area (Å²) in [5.41, 5.74) is 1.41. The van der Waals surface area contributed by atoms with E-state index in [1.807, 2.05) is 30.3 Å². The molecular formula is C13H14N2O2. The summed E-state index contributed by atoms with van der Waals surface area (Å²) < 4.78 is 5.18. The molecule has 88 valence electrons. The molecule has 0 bridgehead atoms. The molecular weight excluding hydrogens is 216 g/mol. The zero-order valence-electron chi connectivity index (χ0n) is 9.77. The molecule has 1 aromatic carbocycles. The molecule has 0 unspecified atom stereocenters. The fraction of sp³-hybridized carbons (Fsp3) is 0.154. The van der Waals surface area contributed by atoms with Gasteiger partial charge in [0.05, 0.1) is 18.2 Å². The largest absolute Gasteiger partial charge is 0.506 e. The van der Waals surface area contributed by atoms with Gasteiger partial charge in [0.25, 0.3) is 0 Å². The number of hydrogen-bond acceptors (Lipinski definition) is 4. The average molecular weight is 230 g/mol. The van der Waals surface area contributed by atoms with Gasteiger partial charge in [0.15, 0.2) is 0 Å². The van der Waals surface area contributed by atoms with Crippen LogP contribution >= 0.6 is 0 Å². The summed E-state index contributed by atoms with van der Waals surface area (Å²) >= 11 is 0. The number of pyridine rings is 1. The van der Waals surface area contributed by atoms with Crippen LogP contribution in [0.1, 0.15) is 5.56 Å². The van der Waals surface area contributed by atoms with Crippen LogP contribution in [0.15, 0.2) is 36.5 Å². The quantitative estimate of drug-likeness (QED) is 0.794. The molecule has 0 aliphatic heterocycles. The second-order valence-corrected chi connectivity index (χ2v) is 3.56. The third kappa shape index (κ3) is 2.15. The average Bonchev–Trinajstić information content (AvgIpc) is 2.37. The summed E-state index contributed by atoms with van der Waals surface area (Å²) in [6, 6.07) is 9.54. The molecule has 2 rings (SSSR count). The van der Waals surface area contributed by atoms with E-state index in [9.17, 15) is 5.11 Å². The summed E-state index contributed by atoms with van der Waals surface area (Å²) in [7, 11) is 3.25. The highest BCUT2D eigenvalue weighted by molar-refractivity contribution is 5.83. The smallest absolute Gasteiger partial charge is 0.224 e. The Morgan fingerprint density at radius 1 is 1.41 bits per heavy atom. The molecule has 0 saturated carbocycles. The number of aromatic nitrogens is 1. The number of ether oxygens (including phenoxy) is 1. The number of hydrogen-bond donors (Lipinski definition) is 2. The first-order valence-electron chi connectivity index (χ1n) is 5.27. The molecule has 1 heterocycles. The van der Waals surface area contributed by atoms with Crippen molar-refractivity contribution in [2.24, 2.45) is 0 Å². The van der Waals surface area contributed by atoms with Gasteiger partial charge in [-0.05, 0) is 12.1 Å². The van der Waals surface area contributed by atoms with Gasteiger partial charge in [-0.3, -0.25) is 0 Å². The van der Waals surface area contributed by atoms with Gasteiger partial charge in [-0.1, -0.05) is 18.2 Å². The Morgan fingerprint density at radius 3 is 2.88 bits per heavy atom. The Kier molecular flexibility index (Phi) is 3.14. The second-order valence-electron chi connectivity index (χ2n) is 3.56. The SMILES string of the molecule is CN/C=C(\O)c1cc2ccccc2nc1OC. The number of nitrogens with zero attached hydrogens (tertiary/aromatic N) is 1. The van der Waals surface area contributed by atoms with Gasteiger partial charge in [-0.2, -0.15) is 0 Å². The number of nitrogens with one attached hydrogen (secondary N) is 1. The van der Waals surface area contributed by atoms with Crippen molar-refractivity contribution >= 4 is 16.7 Å². The lowest BCUT2D eigenvalue weighted by Gasteiger charge is -2.08. The first-order valence-corrected chi connectivity index (χ1v) is 5.27. The van der Waals surface area contributed by atoms with E-state index >= 15 is 0 Å². The lowest BCUT2D eigenvalue weighted by molar-refractivity contribution is 0.393. The minimum absolute atomic E-state index is 0.0996. The fourth-order valence-corrected chi connectivity index (χ4v) is 1.65. The van der Waals surface area contributed by atoms with E-state index in [-0.39, 0.29) is 5.76 Å². The predicted octanol–water partition coefficient (Wildman–Crippen LogP) is 2.32. The first-order chi connectivity index (χ1) is 8.26. The summed E-state index contributed by atoms with van der Waals surface area (Å²) in [6.07, 6.45) is 1.49. The van der Waals surface area contributed by atoms with Crippen molar-refractivity contribution in [3.05, 3.63) is 42.1 Å². The number of rotatable bonds is 3. The van der Waals surface area contributed by atoms with Crippen molar-refractivity contribution < 1.29 is 9.84 Å². The van der Waals surface area contributed by atoms with Gasteiger partial charge in [-0.15, -0.1) is 0 Å². The second kappa shape index (κ2) is 4.74. The molecule has 0 spiro atoms. The highest BCUT2D eigenvalue weighted by Gasteiger charge is 2.10. The fourth-order valence-electron chi connectivity index (χ4n) is 1.65. The van der Waals surface area contributed by atoms with E-state index in [2.05, 4.69) is 10.3 Å². The molecule has 0 amide bonds. The van der Waals surface area contributed by atoms with E-state index in [1.54, 1.807) is 7.05 Å². The van der Waals surface area contributed by atoms with Gasteiger partial charge in [0.1, 0.15) is 5.76 Å². The summed E-state index contributed by atoms with van der Waals surface area (Å²) in [4.78, 5) is 4.35. The van der Waals surface area contributed by atoms with Crippen LogP contribution in [0, 0.1) is 0 Å². The maximum atomic E-state index is 9.87. The number of methoxy groups -OCH3 is 1. The van der Waals surface area contributed by atoms with Crippen LogP contribution in [0.2, 0.25) is 0 Å². The van der Waals surface area contributed by atoms with Crippen molar-refractivity contribution in [1.29, 1.82) is 0 Å². The number of fused-ring (bicyclic) bond motifs is 1. The number of benzene rings is 1. The van der Waals surface area contributed by atoms with Crippen molar-refractivity contribution in [3.8, 4) is 5.88 Å². The zero-order valence-corrected chi connectivity index (χ0v) is 9.77. The summed E-state index contributed by atoms with van der Waals surface area (Å²) in [6.45, 7) is 0. The van der Waals surface area contributed by atoms with Gasteiger partial charge in [-0.25, -0.2) is 4.98 Å². The lowest BCUT2D eigenvalue weighted by atomic mass is 10.1. The van der Waals surface area contributed by atoms with Crippen molar-refractivity contribution in [3.63, 3.8) is 0 Å². The lowest BCUT2D eigenvalue weighted by Crippen LogP contribution is -1.99. The summed E-state index contributed by atoms with van der Waals surface area (Å²) in [5, 5.41) is 13.6. The first kappa shape index (κ1) is 11.3. The molecule has 0 fully saturated rings. The van der Waals surface area contributed by atoms with Gasteiger partial charge in [0, 0.05) is 18.6 Å². The molecule has 1 aromatic heterocycles. The van der Waals surface area contributed by atoms with Crippen LogP contribution < -0.4 is 10.1 Å². The molecule has 0 aliphatic rings. The minimum atomic E-state index is 0.0996. The number of aliphatic hydroxyl groups excluding tert-OH is 1. The van der Waals surface area contributed by atoms with E-state index in [0.29, 0.717) is 11.4 Å². The predicted molar refractivity (Wildman–Crippen MR) is 68.0 cm³/mol. The molecule has 2 aromatic rings. The Hall–Kier alpha value is -2.23. The highest BCUT2D eigenvalue weighted by atomic mass is 16.5. The standard InChI is InChI=1S/C13H14N2O2/c1-14-8-12(16)10-7-9-5-3-4-6-11(9)15-13(10)17-2/h3-8,14,16H,1-2H3/b12-8-. The zero-order chi connectivity index (χ0) is 12.3. The van der Waals surface area contributed by atoms with E-state index in [1.165, 1.54) is 13.3 Å².